The van der Waals surface area contributed by atoms with Crippen LogP contribution in [0.15, 0.2) is 54.0 Å². The maximum absolute atomic E-state index is 6.36. The van der Waals surface area contributed by atoms with Crippen LogP contribution in [0.2, 0.25) is 0 Å². The summed E-state index contributed by atoms with van der Waals surface area (Å²) in [6.07, 6.45) is 29.5. The first kappa shape index (κ1) is 26.4. The topological polar surface area (TPSA) is 31.4 Å². The van der Waals surface area contributed by atoms with Gasteiger partial charge in [0.2, 0.25) is 0 Å². The molecule has 6 heteroatoms. The van der Waals surface area contributed by atoms with Gasteiger partial charge in [-0.25, -0.2) is 0 Å². The van der Waals surface area contributed by atoms with Crippen molar-refractivity contribution in [1.82, 2.24) is 8.68 Å². The third kappa shape index (κ3) is 8.89. The monoisotopic (exact) mass is 475 g/mol. The second-order valence-electron chi connectivity index (χ2n) is 7.09. The summed E-state index contributed by atoms with van der Waals surface area (Å²) >= 11 is 0. The van der Waals surface area contributed by atoms with E-state index in [1.807, 2.05) is 75.4 Å². The minimum absolute atomic E-state index is 0. The normalized spacial score (nSPS) is 18.7. The molecule has 0 amide bonds. The van der Waals surface area contributed by atoms with Crippen molar-refractivity contribution in [3.05, 3.63) is 113 Å². The van der Waals surface area contributed by atoms with Crippen molar-refractivity contribution in [2.75, 3.05) is 6.61 Å². The van der Waals surface area contributed by atoms with Crippen molar-refractivity contribution < 1.29 is 21.6 Å². The van der Waals surface area contributed by atoms with Crippen molar-refractivity contribution >= 4 is 14.7 Å². The Bertz CT molecular complexity index is 653. The van der Waals surface area contributed by atoms with E-state index in [1.165, 1.54) is 0 Å². The molecule has 0 spiro atoms. The van der Waals surface area contributed by atoms with Crippen LogP contribution in [0.3, 0.4) is 0 Å². The van der Waals surface area contributed by atoms with Gasteiger partial charge in [0.1, 0.15) is 0 Å². The average molecular weight is 475 g/mol. The van der Waals surface area contributed by atoms with Crippen LogP contribution in [0, 0.1) is 69.6 Å². The summed E-state index contributed by atoms with van der Waals surface area (Å²) in [7, 11) is -0.935. The Balaban J connectivity index is 0.000000501. The summed E-state index contributed by atoms with van der Waals surface area (Å²) in [6.45, 7) is 5.05. The summed E-state index contributed by atoms with van der Waals surface area (Å²) in [6, 6.07) is 8.27. The first-order chi connectivity index (χ1) is 14.8. The van der Waals surface area contributed by atoms with Gasteiger partial charge in [0, 0.05) is 36.9 Å². The summed E-state index contributed by atoms with van der Waals surface area (Å²) in [4.78, 5) is 4.81. The Labute approximate surface area is 201 Å². The number of nitrogens with zero attached hydrogens (tertiary/aromatic N) is 3. The molecule has 10 radical (unpaired) electrons. The van der Waals surface area contributed by atoms with Crippen LogP contribution in [0.25, 0.3) is 0 Å². The third-order valence-electron chi connectivity index (χ3n) is 4.89. The zero-order chi connectivity index (χ0) is 21.0. The maximum atomic E-state index is 6.36. The number of hydrogen-bond donors (Lipinski definition) is 0. The van der Waals surface area contributed by atoms with Gasteiger partial charge in [0.05, 0.1) is 12.6 Å². The molecule has 0 aromatic carbocycles. The Morgan fingerprint density at radius 3 is 1.81 bits per heavy atom. The Hall–Kier alpha value is -0.861. The fourth-order valence-electron chi connectivity index (χ4n) is 2.88. The average Bonchev–Trinajstić information content (AvgIpc) is 3.60. The minimum atomic E-state index is -0.935. The number of hydrogen-bond acceptors (Lipinski definition) is 2. The zero-order valence-corrected chi connectivity index (χ0v) is 20.0. The van der Waals surface area contributed by atoms with Crippen molar-refractivity contribution in [2.45, 2.75) is 26.3 Å². The van der Waals surface area contributed by atoms with Gasteiger partial charge in [-0.15, -0.1) is 0 Å². The summed E-state index contributed by atoms with van der Waals surface area (Å²) in [5.41, 5.74) is 0. The van der Waals surface area contributed by atoms with E-state index >= 15 is 0 Å². The predicted molar refractivity (Wildman–Crippen MR) is 126 cm³/mol. The van der Waals surface area contributed by atoms with E-state index < -0.39 is 8.45 Å². The fourth-order valence-corrected chi connectivity index (χ4v) is 4.43. The van der Waals surface area contributed by atoms with Gasteiger partial charge in [0.15, 0.2) is 0 Å². The number of aliphatic imine (C=N–C) groups is 1. The van der Waals surface area contributed by atoms with Crippen LogP contribution in [0.1, 0.15) is 20.3 Å². The number of aromatic nitrogens is 2. The van der Waals surface area contributed by atoms with E-state index in [0.717, 1.165) is 12.3 Å². The number of rotatable bonds is 9. The molecular formula is C25H30FeN3OP+2. The molecule has 31 heavy (non-hydrogen) atoms. The summed E-state index contributed by atoms with van der Waals surface area (Å²) in [5.74, 6) is 1.61. The Morgan fingerprint density at radius 1 is 0.871 bits per heavy atom. The molecule has 2 aromatic heterocycles. The smallest absolute Gasteiger partial charge is 0.320 e. The van der Waals surface area contributed by atoms with Gasteiger partial charge in [-0.3, -0.25) is 13.7 Å². The molecule has 2 fully saturated rings. The van der Waals surface area contributed by atoms with E-state index in [2.05, 4.69) is 60.2 Å². The van der Waals surface area contributed by atoms with Gasteiger partial charge in [-0.2, -0.15) is 0 Å². The molecule has 162 valence electrons. The van der Waals surface area contributed by atoms with Gasteiger partial charge < -0.3 is 4.52 Å². The Morgan fingerprint density at radius 2 is 1.35 bits per heavy atom. The summed E-state index contributed by atoms with van der Waals surface area (Å²) in [5, 5.41) is 0. The molecule has 0 bridgehead atoms. The predicted octanol–water partition coefficient (Wildman–Crippen LogP) is 5.84. The van der Waals surface area contributed by atoms with E-state index in [9.17, 15) is 0 Å². The first-order valence-corrected chi connectivity index (χ1v) is 11.6. The van der Waals surface area contributed by atoms with Gasteiger partial charge in [-0.1, -0.05) is 20.3 Å². The van der Waals surface area contributed by atoms with Crippen LogP contribution < -0.4 is 0 Å². The standard InChI is InChI=1S/C20H25N3OP.C5H5.Fe/c1-3-18(2)20(21-16-19-10-4-5-11-19)17-24-25(22-12-6-7-13-22)23-14-8-9-15-23;1-2-4-5-3-1;/h4-16,18,20H,3,17H2,1-2H3;1-5H;/q;;+2/t18-,20+;;/m0../s1. The molecule has 0 saturated heterocycles. The van der Waals surface area contributed by atoms with Crippen molar-refractivity contribution in [3.8, 4) is 0 Å². The third-order valence-corrected chi connectivity index (χ3v) is 6.60. The molecule has 2 aromatic rings. The van der Waals surface area contributed by atoms with E-state index in [-0.39, 0.29) is 23.1 Å². The largest absolute Gasteiger partial charge is 2.00 e. The molecule has 2 saturated carbocycles. The van der Waals surface area contributed by atoms with Gasteiger partial charge >= 0.3 is 17.1 Å². The Kier molecular flexibility index (Phi) is 12.8. The molecule has 0 unspecified atom stereocenters. The van der Waals surface area contributed by atoms with Crippen LogP contribution in [0.5, 0.6) is 0 Å². The molecule has 2 aliphatic carbocycles. The molecule has 4 nitrogen and oxygen atoms in total. The second kappa shape index (κ2) is 15.1. The first-order valence-electron chi connectivity index (χ1n) is 10.4. The molecule has 2 aliphatic rings. The van der Waals surface area contributed by atoms with Gasteiger partial charge in [0.25, 0.3) is 8.45 Å². The van der Waals surface area contributed by atoms with Crippen LogP contribution in [-0.2, 0) is 21.6 Å². The molecule has 0 N–H and O–H groups in total. The van der Waals surface area contributed by atoms with Crippen LogP contribution in [0.4, 0.5) is 0 Å². The fraction of sp³-hybridized carbons (Fsp3) is 0.240. The maximum Gasteiger partial charge on any atom is 2.00 e. The van der Waals surface area contributed by atoms with Crippen LogP contribution >= 0.6 is 8.45 Å². The van der Waals surface area contributed by atoms with Gasteiger partial charge in [-0.05, 0) is 88.0 Å². The quantitative estimate of drug-likeness (QED) is 0.255. The van der Waals surface area contributed by atoms with E-state index in [4.69, 9.17) is 9.52 Å². The SMILES string of the molecule is CC[C@H](C)[C@@H](COP(n1cccc1)n1cccc1)N=C[C]1[CH][CH][CH][CH]1.[CH]1[CH][CH][CH][CH]1.[Fe+2]. The van der Waals surface area contributed by atoms with Crippen molar-refractivity contribution in [1.29, 1.82) is 0 Å². The molecular weight excluding hydrogens is 445 g/mol. The zero-order valence-electron chi connectivity index (χ0n) is 18.0. The minimum Gasteiger partial charge on any atom is -0.320 e. The molecule has 2 atom stereocenters. The van der Waals surface area contributed by atoms with Crippen LogP contribution in [-0.4, -0.2) is 27.5 Å². The molecule has 2 heterocycles. The van der Waals surface area contributed by atoms with E-state index in [1.54, 1.807) is 0 Å². The van der Waals surface area contributed by atoms with Crippen molar-refractivity contribution in [2.24, 2.45) is 10.9 Å². The van der Waals surface area contributed by atoms with E-state index in [0.29, 0.717) is 12.5 Å². The summed E-state index contributed by atoms with van der Waals surface area (Å²) < 4.78 is 10.6. The molecule has 0 aliphatic heterocycles. The second-order valence-corrected chi connectivity index (χ2v) is 8.77. The van der Waals surface area contributed by atoms with Crippen molar-refractivity contribution in [3.63, 3.8) is 0 Å². The molecule has 4 rings (SSSR count).